The number of nitrogens with zero attached hydrogens (tertiary/aromatic N) is 3. The van der Waals surface area contributed by atoms with Crippen molar-refractivity contribution in [2.24, 2.45) is 16.9 Å². The number of carboxylic acid groups (broad SMARTS) is 1. The van der Waals surface area contributed by atoms with Crippen LogP contribution in [0.2, 0.25) is 0 Å². The number of benzene rings is 1. The highest BCUT2D eigenvalue weighted by molar-refractivity contribution is 5.92. The number of hydrazone groups is 1. The molecule has 0 saturated carbocycles. The van der Waals surface area contributed by atoms with Crippen LogP contribution in [0, 0.1) is 11.8 Å². The maximum absolute atomic E-state index is 12.5. The van der Waals surface area contributed by atoms with Gasteiger partial charge in [-0.25, -0.2) is 9.80 Å². The molecule has 7 heteroatoms. The van der Waals surface area contributed by atoms with E-state index in [4.69, 9.17) is 9.84 Å². The number of aromatic carboxylic acids is 1. The van der Waals surface area contributed by atoms with Crippen molar-refractivity contribution >= 4 is 18.1 Å². The molecule has 4 atom stereocenters. The van der Waals surface area contributed by atoms with Crippen LogP contribution in [0.5, 0.6) is 0 Å². The minimum Gasteiger partial charge on any atom is -0.478 e. The molecule has 4 rings (SSSR count). The van der Waals surface area contributed by atoms with Crippen molar-refractivity contribution in [1.82, 2.24) is 9.99 Å². The monoisotopic (exact) mass is 407 g/mol. The molecule has 2 aliphatic rings. The van der Waals surface area contributed by atoms with E-state index in [2.05, 4.69) is 10.1 Å². The third kappa shape index (κ3) is 4.26. The molecular formula is C23H25N3O4. The zero-order valence-corrected chi connectivity index (χ0v) is 16.8. The van der Waals surface area contributed by atoms with Gasteiger partial charge in [-0.05, 0) is 61.4 Å². The zero-order chi connectivity index (χ0) is 21.1. The van der Waals surface area contributed by atoms with Crippen LogP contribution in [0.25, 0.3) is 0 Å². The highest BCUT2D eigenvalue weighted by Gasteiger charge is 2.47. The van der Waals surface area contributed by atoms with Gasteiger partial charge in [-0.1, -0.05) is 18.2 Å². The summed E-state index contributed by atoms with van der Waals surface area (Å²) in [7, 11) is 1.64. The Labute approximate surface area is 175 Å². The molecule has 0 unspecified atom stereocenters. The molecule has 2 aromatic rings. The van der Waals surface area contributed by atoms with Crippen molar-refractivity contribution in [3.8, 4) is 0 Å². The van der Waals surface area contributed by atoms with Gasteiger partial charge in [-0.2, -0.15) is 5.10 Å². The molecule has 0 radical (unpaired) electrons. The van der Waals surface area contributed by atoms with Gasteiger partial charge in [0.15, 0.2) is 0 Å². The van der Waals surface area contributed by atoms with Gasteiger partial charge in [0.1, 0.15) is 5.69 Å². The molecule has 0 aliphatic carbocycles. The number of carbonyl (C=O) groups excluding carboxylic acids is 1. The first-order valence-corrected chi connectivity index (χ1v) is 10.2. The first kappa shape index (κ1) is 20.2. The Morgan fingerprint density at radius 3 is 2.67 bits per heavy atom. The van der Waals surface area contributed by atoms with E-state index in [1.54, 1.807) is 43.6 Å². The lowest BCUT2D eigenvalue weighted by Crippen LogP contribution is -2.30. The van der Waals surface area contributed by atoms with Crippen LogP contribution in [0.3, 0.4) is 0 Å². The predicted octanol–water partition coefficient (Wildman–Crippen LogP) is 3.26. The Morgan fingerprint density at radius 2 is 1.97 bits per heavy atom. The Kier molecular flexibility index (Phi) is 5.90. The number of ether oxygens (including phenoxy) is 1. The Balaban J connectivity index is 1.40. The second-order valence-electron chi connectivity index (χ2n) is 7.88. The summed E-state index contributed by atoms with van der Waals surface area (Å²) in [4.78, 5) is 27.6. The Hall–Kier alpha value is -3.06. The predicted molar refractivity (Wildman–Crippen MR) is 111 cm³/mol. The van der Waals surface area contributed by atoms with Crippen LogP contribution in [-0.4, -0.2) is 52.4 Å². The average molecular weight is 407 g/mol. The van der Waals surface area contributed by atoms with Gasteiger partial charge in [-0.3, -0.25) is 9.78 Å². The largest absolute Gasteiger partial charge is 0.478 e. The molecule has 30 heavy (non-hydrogen) atoms. The average Bonchev–Trinajstić information content (AvgIpc) is 3.38. The van der Waals surface area contributed by atoms with Crippen LogP contribution in [0.15, 0.2) is 53.8 Å². The summed E-state index contributed by atoms with van der Waals surface area (Å²) < 4.78 is 6.13. The fourth-order valence-corrected chi connectivity index (χ4v) is 4.43. The van der Waals surface area contributed by atoms with E-state index < -0.39 is 5.97 Å². The van der Waals surface area contributed by atoms with E-state index in [9.17, 15) is 9.59 Å². The summed E-state index contributed by atoms with van der Waals surface area (Å²) >= 11 is 0. The second-order valence-corrected chi connectivity index (χ2v) is 7.88. The van der Waals surface area contributed by atoms with Crippen LogP contribution in [0.1, 0.15) is 45.7 Å². The normalized spacial score (nSPS) is 25.0. The number of hydrogen-bond acceptors (Lipinski definition) is 5. The number of rotatable bonds is 7. The van der Waals surface area contributed by atoms with Crippen molar-refractivity contribution in [2.45, 2.75) is 37.9 Å². The number of pyridine rings is 1. The lowest BCUT2D eigenvalue weighted by Gasteiger charge is -2.25. The molecule has 2 aliphatic heterocycles. The smallest absolute Gasteiger partial charge is 0.335 e. The van der Waals surface area contributed by atoms with Gasteiger partial charge in [0, 0.05) is 25.4 Å². The van der Waals surface area contributed by atoms with Gasteiger partial charge in [0.05, 0.1) is 17.8 Å². The maximum Gasteiger partial charge on any atom is 0.335 e. The van der Waals surface area contributed by atoms with Crippen molar-refractivity contribution in [3.05, 3.63) is 65.5 Å². The van der Waals surface area contributed by atoms with E-state index in [0.717, 1.165) is 31.2 Å². The van der Waals surface area contributed by atoms with E-state index >= 15 is 0 Å². The Bertz CT molecular complexity index is 929. The van der Waals surface area contributed by atoms with E-state index in [0.29, 0.717) is 17.2 Å². The minimum atomic E-state index is -0.913. The van der Waals surface area contributed by atoms with Crippen molar-refractivity contribution in [1.29, 1.82) is 0 Å². The number of aryl methyl sites for hydroxylation is 1. The van der Waals surface area contributed by atoms with E-state index in [1.165, 1.54) is 5.01 Å². The number of amides is 1. The molecule has 0 spiro atoms. The number of carbonyl (C=O) groups is 2. The summed E-state index contributed by atoms with van der Waals surface area (Å²) in [6, 6.07) is 12.3. The third-order valence-electron chi connectivity index (χ3n) is 6.04. The Morgan fingerprint density at radius 1 is 1.20 bits per heavy atom. The summed E-state index contributed by atoms with van der Waals surface area (Å²) in [6.07, 6.45) is 7.68. The lowest BCUT2D eigenvalue weighted by atomic mass is 9.77. The molecule has 156 valence electrons. The summed E-state index contributed by atoms with van der Waals surface area (Å²) in [5.41, 5.74) is 1.77. The van der Waals surface area contributed by atoms with Gasteiger partial charge in [-0.15, -0.1) is 0 Å². The fourth-order valence-electron chi connectivity index (χ4n) is 4.43. The van der Waals surface area contributed by atoms with E-state index in [-0.39, 0.29) is 24.0 Å². The standard InChI is InChI=1S/C23H25N3O4/c1-26(22(27)19-4-2-3-13-24-19)25-14-18-17(20-11-12-21(18)30-20)10-7-15-5-8-16(9-6-15)23(28)29/h2-6,8-9,13-14,17-18,20-21H,7,10-12H2,1H3,(H,28,29)/t17-,18+,20-,21+/m1/s1. The van der Waals surface area contributed by atoms with Crippen molar-refractivity contribution < 1.29 is 19.4 Å². The molecule has 1 N–H and O–H groups in total. The summed E-state index contributed by atoms with van der Waals surface area (Å²) in [6.45, 7) is 0. The molecule has 2 saturated heterocycles. The highest BCUT2D eigenvalue weighted by atomic mass is 16.5. The van der Waals surface area contributed by atoms with Crippen LogP contribution in [0.4, 0.5) is 0 Å². The van der Waals surface area contributed by atoms with Crippen LogP contribution >= 0.6 is 0 Å². The molecule has 2 bridgehead atoms. The fraction of sp³-hybridized carbons (Fsp3) is 0.391. The highest BCUT2D eigenvalue weighted by Crippen LogP contribution is 2.44. The summed E-state index contributed by atoms with van der Waals surface area (Å²) in [5.74, 6) is -0.652. The number of carboxylic acids is 1. The number of hydrogen-bond donors (Lipinski definition) is 1. The zero-order valence-electron chi connectivity index (χ0n) is 16.8. The second kappa shape index (κ2) is 8.75. The van der Waals surface area contributed by atoms with E-state index in [1.807, 2.05) is 18.3 Å². The van der Waals surface area contributed by atoms with Crippen molar-refractivity contribution in [3.63, 3.8) is 0 Å². The summed E-state index contributed by atoms with van der Waals surface area (Å²) in [5, 5.41) is 14.8. The minimum absolute atomic E-state index is 0.150. The quantitative estimate of drug-likeness (QED) is 0.562. The maximum atomic E-state index is 12.5. The van der Waals surface area contributed by atoms with Gasteiger partial charge in [0.25, 0.3) is 5.91 Å². The first-order chi connectivity index (χ1) is 14.5. The molecule has 1 amide bonds. The number of fused-ring (bicyclic) bond motifs is 2. The SMILES string of the molecule is CN(N=C[C@H]1[C@@H](CCc2ccc(C(=O)O)cc2)[C@H]2CC[C@@H]1O2)C(=O)c1ccccn1. The number of aromatic nitrogens is 1. The van der Waals surface area contributed by atoms with Gasteiger partial charge in [0.2, 0.25) is 0 Å². The van der Waals surface area contributed by atoms with Gasteiger partial charge < -0.3 is 9.84 Å². The molecule has 1 aromatic carbocycles. The topological polar surface area (TPSA) is 92.1 Å². The third-order valence-corrected chi connectivity index (χ3v) is 6.04. The molecular weight excluding hydrogens is 382 g/mol. The van der Waals surface area contributed by atoms with Crippen LogP contribution in [-0.2, 0) is 11.2 Å². The lowest BCUT2D eigenvalue weighted by molar-refractivity contribution is 0.0696. The molecule has 2 fully saturated rings. The molecule has 1 aromatic heterocycles. The van der Waals surface area contributed by atoms with Crippen LogP contribution < -0.4 is 0 Å². The molecule has 7 nitrogen and oxygen atoms in total. The van der Waals surface area contributed by atoms with Gasteiger partial charge >= 0.3 is 5.97 Å². The molecule has 3 heterocycles. The van der Waals surface area contributed by atoms with Crippen molar-refractivity contribution in [2.75, 3.05) is 7.05 Å². The first-order valence-electron chi connectivity index (χ1n) is 10.2.